The Bertz CT molecular complexity index is 622. The molecule has 2 heteroatoms. The summed E-state index contributed by atoms with van der Waals surface area (Å²) in [5.41, 5.74) is 3.80. The Morgan fingerprint density at radius 3 is 2.45 bits per heavy atom. The average Bonchev–Trinajstić information content (AvgIpc) is 2.40. The molecule has 1 heterocycles. The number of aromatic nitrogens is 1. The fourth-order valence-corrected chi connectivity index (χ4v) is 2.13. The molecular formula is C18H21NO. The number of pyridine rings is 1. The SMILES string of the molecule is Cc1cc(C=Cc2ccccn2)cc(C(C)(C)C)c1O. The van der Waals surface area contributed by atoms with E-state index in [9.17, 15) is 5.11 Å². The quantitative estimate of drug-likeness (QED) is 0.865. The monoisotopic (exact) mass is 267 g/mol. The van der Waals surface area contributed by atoms with Crippen LogP contribution in [0.5, 0.6) is 5.75 Å². The molecule has 2 nitrogen and oxygen atoms in total. The van der Waals surface area contributed by atoms with E-state index in [0.717, 1.165) is 22.4 Å². The number of hydrogen-bond acceptors (Lipinski definition) is 2. The van der Waals surface area contributed by atoms with Gasteiger partial charge in [0.05, 0.1) is 5.69 Å². The number of phenolic OH excluding ortho intramolecular Hbond substituents is 1. The minimum absolute atomic E-state index is 0.0797. The summed E-state index contributed by atoms with van der Waals surface area (Å²) in [7, 11) is 0. The third-order valence-electron chi connectivity index (χ3n) is 3.27. The van der Waals surface area contributed by atoms with Crippen LogP contribution in [-0.4, -0.2) is 10.1 Å². The van der Waals surface area contributed by atoms with E-state index >= 15 is 0 Å². The summed E-state index contributed by atoms with van der Waals surface area (Å²) < 4.78 is 0. The molecule has 1 aromatic heterocycles. The van der Waals surface area contributed by atoms with Gasteiger partial charge in [-0.15, -0.1) is 0 Å². The molecule has 0 radical (unpaired) electrons. The lowest BCUT2D eigenvalue weighted by Gasteiger charge is -2.22. The van der Waals surface area contributed by atoms with Crippen molar-refractivity contribution in [2.24, 2.45) is 0 Å². The molecule has 1 aromatic carbocycles. The van der Waals surface area contributed by atoms with E-state index in [1.807, 2.05) is 49.4 Å². The van der Waals surface area contributed by atoms with Crippen molar-refractivity contribution in [1.29, 1.82) is 0 Å². The van der Waals surface area contributed by atoms with E-state index in [0.29, 0.717) is 5.75 Å². The minimum atomic E-state index is -0.0797. The maximum Gasteiger partial charge on any atom is 0.122 e. The highest BCUT2D eigenvalue weighted by molar-refractivity contribution is 5.69. The first-order valence-corrected chi connectivity index (χ1v) is 6.81. The van der Waals surface area contributed by atoms with Gasteiger partial charge in [-0.05, 0) is 53.8 Å². The van der Waals surface area contributed by atoms with Gasteiger partial charge in [-0.3, -0.25) is 4.98 Å². The first-order chi connectivity index (χ1) is 9.38. The van der Waals surface area contributed by atoms with E-state index in [4.69, 9.17) is 0 Å². The van der Waals surface area contributed by atoms with Crippen molar-refractivity contribution in [2.75, 3.05) is 0 Å². The summed E-state index contributed by atoms with van der Waals surface area (Å²) in [6, 6.07) is 9.87. The molecule has 0 bridgehead atoms. The Hall–Kier alpha value is -2.09. The van der Waals surface area contributed by atoms with Crippen LogP contribution in [-0.2, 0) is 5.41 Å². The number of aromatic hydroxyl groups is 1. The molecule has 1 N–H and O–H groups in total. The molecular weight excluding hydrogens is 246 g/mol. The highest BCUT2D eigenvalue weighted by Crippen LogP contribution is 2.34. The Kier molecular flexibility index (Phi) is 3.93. The van der Waals surface area contributed by atoms with Gasteiger partial charge < -0.3 is 5.11 Å². The van der Waals surface area contributed by atoms with Gasteiger partial charge in [0.25, 0.3) is 0 Å². The van der Waals surface area contributed by atoms with Crippen molar-refractivity contribution >= 4 is 12.2 Å². The largest absolute Gasteiger partial charge is 0.507 e. The molecule has 0 unspecified atom stereocenters. The third-order valence-corrected chi connectivity index (χ3v) is 3.27. The number of aryl methyl sites for hydroxylation is 1. The topological polar surface area (TPSA) is 33.1 Å². The number of nitrogens with zero attached hydrogens (tertiary/aromatic N) is 1. The standard InChI is InChI=1S/C18H21NO/c1-13-11-14(8-9-15-7-5-6-10-19-15)12-16(17(13)20)18(2,3)4/h5-12,20H,1-4H3. The van der Waals surface area contributed by atoms with Crippen molar-refractivity contribution in [2.45, 2.75) is 33.1 Å². The zero-order valence-electron chi connectivity index (χ0n) is 12.5. The molecule has 0 aliphatic heterocycles. The fraction of sp³-hybridized carbons (Fsp3) is 0.278. The number of hydrogen-bond donors (Lipinski definition) is 1. The molecule has 0 saturated heterocycles. The van der Waals surface area contributed by atoms with E-state index in [-0.39, 0.29) is 5.41 Å². The molecule has 2 aromatic rings. The van der Waals surface area contributed by atoms with Crippen molar-refractivity contribution in [3.05, 3.63) is 58.9 Å². The van der Waals surface area contributed by atoms with Crippen LogP contribution in [0, 0.1) is 6.92 Å². The van der Waals surface area contributed by atoms with E-state index < -0.39 is 0 Å². The second-order valence-corrected chi connectivity index (χ2v) is 6.07. The molecule has 0 amide bonds. The van der Waals surface area contributed by atoms with Gasteiger partial charge in [0, 0.05) is 11.8 Å². The third kappa shape index (κ3) is 3.27. The maximum atomic E-state index is 10.2. The summed E-state index contributed by atoms with van der Waals surface area (Å²) in [5, 5.41) is 10.2. The van der Waals surface area contributed by atoms with Crippen LogP contribution in [0.4, 0.5) is 0 Å². The zero-order chi connectivity index (χ0) is 14.8. The van der Waals surface area contributed by atoms with Crippen LogP contribution in [0.25, 0.3) is 12.2 Å². The lowest BCUT2D eigenvalue weighted by Crippen LogP contribution is -2.12. The summed E-state index contributed by atoms with van der Waals surface area (Å²) in [6.07, 6.45) is 5.80. The lowest BCUT2D eigenvalue weighted by molar-refractivity contribution is 0.443. The smallest absolute Gasteiger partial charge is 0.122 e. The van der Waals surface area contributed by atoms with Gasteiger partial charge >= 0.3 is 0 Å². The van der Waals surface area contributed by atoms with Gasteiger partial charge in [-0.25, -0.2) is 0 Å². The van der Waals surface area contributed by atoms with Crippen molar-refractivity contribution in [3.63, 3.8) is 0 Å². The van der Waals surface area contributed by atoms with Crippen LogP contribution < -0.4 is 0 Å². The molecule has 0 aliphatic rings. The Morgan fingerprint density at radius 1 is 1.10 bits per heavy atom. The molecule has 0 fully saturated rings. The maximum absolute atomic E-state index is 10.2. The van der Waals surface area contributed by atoms with Gasteiger partial charge in [0.2, 0.25) is 0 Å². The lowest BCUT2D eigenvalue weighted by atomic mass is 9.84. The van der Waals surface area contributed by atoms with Crippen LogP contribution in [0.2, 0.25) is 0 Å². The van der Waals surface area contributed by atoms with Gasteiger partial charge in [0.1, 0.15) is 5.75 Å². The number of phenols is 1. The predicted octanol–water partition coefficient (Wildman–Crippen LogP) is 4.56. The Morgan fingerprint density at radius 2 is 1.85 bits per heavy atom. The van der Waals surface area contributed by atoms with Crippen LogP contribution >= 0.6 is 0 Å². The predicted molar refractivity (Wildman–Crippen MR) is 84.7 cm³/mol. The van der Waals surface area contributed by atoms with E-state index in [1.165, 1.54) is 0 Å². The normalized spacial score (nSPS) is 12.0. The zero-order valence-corrected chi connectivity index (χ0v) is 12.5. The Balaban J connectivity index is 2.39. The summed E-state index contributed by atoms with van der Waals surface area (Å²) in [4.78, 5) is 4.27. The van der Waals surface area contributed by atoms with Crippen LogP contribution in [0.1, 0.15) is 43.2 Å². The first kappa shape index (κ1) is 14.3. The van der Waals surface area contributed by atoms with E-state index in [2.05, 4.69) is 25.8 Å². The second kappa shape index (κ2) is 5.49. The molecule has 2 rings (SSSR count). The van der Waals surface area contributed by atoms with Crippen molar-refractivity contribution in [1.82, 2.24) is 4.98 Å². The summed E-state index contributed by atoms with van der Waals surface area (Å²) in [5.74, 6) is 0.396. The van der Waals surface area contributed by atoms with Crippen LogP contribution in [0.15, 0.2) is 36.5 Å². The molecule has 0 aliphatic carbocycles. The van der Waals surface area contributed by atoms with Crippen molar-refractivity contribution in [3.8, 4) is 5.75 Å². The number of rotatable bonds is 2. The highest BCUT2D eigenvalue weighted by atomic mass is 16.3. The van der Waals surface area contributed by atoms with Gasteiger partial charge in [-0.2, -0.15) is 0 Å². The summed E-state index contributed by atoms with van der Waals surface area (Å²) >= 11 is 0. The number of benzene rings is 1. The minimum Gasteiger partial charge on any atom is -0.507 e. The second-order valence-electron chi connectivity index (χ2n) is 6.07. The van der Waals surface area contributed by atoms with Crippen molar-refractivity contribution < 1.29 is 5.11 Å². The molecule has 0 saturated carbocycles. The summed E-state index contributed by atoms with van der Waals surface area (Å²) in [6.45, 7) is 8.25. The van der Waals surface area contributed by atoms with Gasteiger partial charge in [-0.1, -0.05) is 32.9 Å². The van der Waals surface area contributed by atoms with E-state index in [1.54, 1.807) is 6.20 Å². The Labute approximate surface area is 120 Å². The fourth-order valence-electron chi connectivity index (χ4n) is 2.13. The average molecular weight is 267 g/mol. The molecule has 0 atom stereocenters. The molecule has 0 spiro atoms. The first-order valence-electron chi connectivity index (χ1n) is 6.81. The molecule has 104 valence electrons. The van der Waals surface area contributed by atoms with Crippen LogP contribution in [0.3, 0.4) is 0 Å². The van der Waals surface area contributed by atoms with Gasteiger partial charge in [0.15, 0.2) is 0 Å². The molecule has 20 heavy (non-hydrogen) atoms. The highest BCUT2D eigenvalue weighted by Gasteiger charge is 2.19.